The van der Waals surface area contributed by atoms with E-state index in [2.05, 4.69) is 26.3 Å². The summed E-state index contributed by atoms with van der Waals surface area (Å²) in [6.07, 6.45) is 0.862. The van der Waals surface area contributed by atoms with Gasteiger partial charge < -0.3 is 43.6 Å². The Morgan fingerprint density at radius 3 is 1.97 bits per heavy atom. The zero-order valence-electron chi connectivity index (χ0n) is 20.1. The summed E-state index contributed by atoms with van der Waals surface area (Å²) in [5, 5.41) is 18.8. The van der Waals surface area contributed by atoms with Crippen LogP contribution in [0.2, 0.25) is 0 Å². The maximum absolute atomic E-state index is 12.3. The quantitative estimate of drug-likeness (QED) is 0.0671. The smallest absolute Gasteiger partial charge is 0.326 e. The van der Waals surface area contributed by atoms with E-state index in [0.29, 0.717) is 12.8 Å². The Bertz CT molecular complexity index is 753. The zero-order chi connectivity index (χ0) is 26.4. The minimum absolute atomic E-state index is 0.0809. The number of carbonyl (C=O) groups is 5. The zero-order valence-corrected chi connectivity index (χ0v) is 20.1. The van der Waals surface area contributed by atoms with E-state index in [1.165, 1.54) is 13.8 Å². The maximum Gasteiger partial charge on any atom is 0.326 e. The third kappa shape index (κ3) is 13.2. The Labute approximate surface area is 198 Å². The van der Waals surface area contributed by atoms with Crippen molar-refractivity contribution < 1.29 is 29.1 Å². The summed E-state index contributed by atoms with van der Waals surface area (Å²) in [7, 11) is 0. The predicted molar refractivity (Wildman–Crippen MR) is 125 cm³/mol. The lowest BCUT2D eigenvalue weighted by molar-refractivity contribution is -0.142. The lowest BCUT2D eigenvalue weighted by Gasteiger charge is -2.21. The van der Waals surface area contributed by atoms with Gasteiger partial charge >= 0.3 is 5.97 Å². The van der Waals surface area contributed by atoms with Crippen LogP contribution in [0.4, 0.5) is 0 Å². The number of nitrogens with one attached hydrogen (secondary N) is 4. The molecule has 0 unspecified atom stereocenters. The molecule has 0 spiro atoms. The third-order valence-corrected chi connectivity index (χ3v) is 4.57. The summed E-state index contributed by atoms with van der Waals surface area (Å²) in [5.74, 6) is -3.62. The summed E-state index contributed by atoms with van der Waals surface area (Å²) >= 11 is 0. The highest BCUT2D eigenvalue weighted by atomic mass is 16.4. The number of rotatable bonds is 15. The van der Waals surface area contributed by atoms with E-state index in [1.807, 2.05) is 13.8 Å². The highest BCUT2D eigenvalue weighted by Crippen LogP contribution is 2.02. The van der Waals surface area contributed by atoms with Crippen LogP contribution in [0.15, 0.2) is 4.99 Å². The van der Waals surface area contributed by atoms with Gasteiger partial charge in [-0.15, -0.1) is 0 Å². The fraction of sp³-hybridized carbons (Fsp3) is 0.700. The molecule has 0 saturated heterocycles. The Morgan fingerprint density at radius 2 is 1.44 bits per heavy atom. The van der Waals surface area contributed by atoms with Gasteiger partial charge in [0.25, 0.3) is 0 Å². The van der Waals surface area contributed by atoms with Crippen LogP contribution < -0.4 is 38.5 Å². The standard InChI is InChI=1S/C20H38N8O6/c1-10(2)8-13(21)18(32)25-9-15(29)26-11(3)16(30)27-12(4)17(31)28-14(19(33)34)6-5-7-24-20(22)23/h10-14H,5-9,21H2,1-4H3,(H,25,32)(H,26,29)(H,27,30)(H,28,31)(H,33,34)(H4,22,23,24)/t11-,12-,13-,14-/m0/s1. The Kier molecular flexibility index (Phi) is 13.9. The van der Waals surface area contributed by atoms with Gasteiger partial charge in [-0.2, -0.15) is 0 Å². The van der Waals surface area contributed by atoms with Crippen LogP contribution in [-0.2, 0) is 24.0 Å². The SMILES string of the molecule is CC(C)C[C@H](N)C(=O)NCC(=O)N[C@@H](C)C(=O)N[C@@H](C)C(=O)N[C@@H](CCCN=C(N)N)C(=O)O. The average molecular weight is 487 g/mol. The first-order valence-electron chi connectivity index (χ1n) is 11.0. The van der Waals surface area contributed by atoms with Crippen LogP contribution in [0.1, 0.15) is 47.0 Å². The van der Waals surface area contributed by atoms with E-state index in [0.717, 1.165) is 0 Å². The van der Waals surface area contributed by atoms with E-state index in [4.69, 9.17) is 17.2 Å². The lowest BCUT2D eigenvalue weighted by Crippen LogP contribution is -2.55. The molecule has 0 aliphatic rings. The number of carboxylic acid groups (broad SMARTS) is 1. The molecule has 194 valence electrons. The number of amides is 4. The van der Waals surface area contributed by atoms with E-state index in [-0.39, 0.29) is 31.4 Å². The number of hydrogen-bond acceptors (Lipinski definition) is 7. The first-order chi connectivity index (χ1) is 15.7. The second-order valence-corrected chi connectivity index (χ2v) is 8.32. The molecule has 0 fully saturated rings. The molecule has 0 aliphatic carbocycles. The molecule has 0 saturated carbocycles. The molecule has 34 heavy (non-hydrogen) atoms. The van der Waals surface area contributed by atoms with Gasteiger partial charge in [0, 0.05) is 6.54 Å². The summed E-state index contributed by atoms with van der Waals surface area (Å²) in [5.41, 5.74) is 16.1. The molecular weight excluding hydrogens is 448 g/mol. The highest BCUT2D eigenvalue weighted by Gasteiger charge is 2.25. The van der Waals surface area contributed by atoms with Gasteiger partial charge in [0.15, 0.2) is 5.96 Å². The van der Waals surface area contributed by atoms with E-state index >= 15 is 0 Å². The first-order valence-corrected chi connectivity index (χ1v) is 11.0. The van der Waals surface area contributed by atoms with E-state index in [9.17, 15) is 29.1 Å². The first kappa shape index (κ1) is 30.6. The monoisotopic (exact) mass is 486 g/mol. The van der Waals surface area contributed by atoms with Crippen molar-refractivity contribution in [1.82, 2.24) is 21.3 Å². The van der Waals surface area contributed by atoms with Gasteiger partial charge in [-0.1, -0.05) is 13.8 Å². The Morgan fingerprint density at radius 1 is 0.882 bits per heavy atom. The Hall–Kier alpha value is -3.42. The van der Waals surface area contributed by atoms with Crippen molar-refractivity contribution >= 4 is 35.6 Å². The molecule has 0 aromatic carbocycles. The molecule has 11 N–H and O–H groups in total. The molecule has 0 aliphatic heterocycles. The van der Waals surface area contributed by atoms with Crippen LogP contribution in [0.3, 0.4) is 0 Å². The molecule has 0 bridgehead atoms. The molecule has 0 aromatic heterocycles. The number of aliphatic imine (C=N–C) groups is 1. The van der Waals surface area contributed by atoms with Gasteiger partial charge in [0.1, 0.15) is 18.1 Å². The van der Waals surface area contributed by atoms with Gasteiger partial charge in [0.05, 0.1) is 12.6 Å². The molecule has 14 nitrogen and oxygen atoms in total. The summed E-state index contributed by atoms with van der Waals surface area (Å²) in [6.45, 7) is 6.44. The van der Waals surface area contributed by atoms with Crippen molar-refractivity contribution in [3.8, 4) is 0 Å². The Balaban J connectivity index is 4.56. The lowest BCUT2D eigenvalue weighted by atomic mass is 10.0. The number of guanidine groups is 1. The number of nitrogens with two attached hydrogens (primary N) is 3. The molecule has 0 rings (SSSR count). The highest BCUT2D eigenvalue weighted by molar-refractivity contribution is 5.94. The number of aliphatic carboxylic acids is 1. The van der Waals surface area contributed by atoms with Crippen molar-refractivity contribution in [2.45, 2.75) is 71.1 Å². The topological polar surface area (TPSA) is 244 Å². The molecule has 4 atom stereocenters. The van der Waals surface area contributed by atoms with Crippen molar-refractivity contribution in [3.63, 3.8) is 0 Å². The van der Waals surface area contributed by atoms with Gasteiger partial charge in [0.2, 0.25) is 23.6 Å². The molecule has 4 amide bonds. The second kappa shape index (κ2) is 15.4. The number of carboxylic acids is 1. The normalized spacial score (nSPS) is 14.2. The van der Waals surface area contributed by atoms with Crippen molar-refractivity contribution in [2.75, 3.05) is 13.1 Å². The van der Waals surface area contributed by atoms with Gasteiger partial charge in [-0.3, -0.25) is 24.2 Å². The maximum atomic E-state index is 12.3. The molecule has 0 heterocycles. The number of carbonyl (C=O) groups excluding carboxylic acids is 4. The van der Waals surface area contributed by atoms with E-state index < -0.39 is 53.8 Å². The minimum Gasteiger partial charge on any atom is -0.480 e. The van der Waals surface area contributed by atoms with Gasteiger partial charge in [-0.25, -0.2) is 4.79 Å². The molecular formula is C20H38N8O6. The number of nitrogens with zero attached hydrogens (tertiary/aromatic N) is 1. The van der Waals surface area contributed by atoms with Crippen LogP contribution >= 0.6 is 0 Å². The summed E-state index contributed by atoms with van der Waals surface area (Å²) < 4.78 is 0. The van der Waals surface area contributed by atoms with Crippen LogP contribution in [0.25, 0.3) is 0 Å². The number of hydrogen-bond donors (Lipinski definition) is 8. The fourth-order valence-electron chi connectivity index (χ4n) is 2.73. The van der Waals surface area contributed by atoms with Crippen LogP contribution in [0.5, 0.6) is 0 Å². The van der Waals surface area contributed by atoms with Crippen molar-refractivity contribution in [1.29, 1.82) is 0 Å². The molecule has 0 radical (unpaired) electrons. The summed E-state index contributed by atoms with van der Waals surface area (Å²) in [4.78, 5) is 63.6. The van der Waals surface area contributed by atoms with Crippen LogP contribution in [0, 0.1) is 5.92 Å². The average Bonchev–Trinajstić information content (AvgIpc) is 2.72. The molecule has 14 heteroatoms. The fourth-order valence-corrected chi connectivity index (χ4v) is 2.73. The van der Waals surface area contributed by atoms with E-state index in [1.54, 1.807) is 0 Å². The van der Waals surface area contributed by atoms with Crippen LogP contribution in [-0.4, -0.2) is 77.9 Å². The predicted octanol–water partition coefficient (Wildman–Crippen LogP) is -2.89. The largest absolute Gasteiger partial charge is 0.480 e. The van der Waals surface area contributed by atoms with Gasteiger partial charge in [-0.05, 0) is 39.0 Å². The van der Waals surface area contributed by atoms with Crippen molar-refractivity contribution in [2.24, 2.45) is 28.1 Å². The molecule has 0 aromatic rings. The third-order valence-electron chi connectivity index (χ3n) is 4.57. The second-order valence-electron chi connectivity index (χ2n) is 8.32. The van der Waals surface area contributed by atoms with Crippen molar-refractivity contribution in [3.05, 3.63) is 0 Å². The summed E-state index contributed by atoms with van der Waals surface area (Å²) in [6, 6.07) is -4.02. The minimum atomic E-state index is -1.24.